The molecule has 2 fully saturated rings. The fourth-order valence-corrected chi connectivity index (χ4v) is 5.65. The first kappa shape index (κ1) is 24.2. The summed E-state index contributed by atoms with van der Waals surface area (Å²) in [6.07, 6.45) is 6.69. The third kappa shape index (κ3) is 6.40. The van der Waals surface area contributed by atoms with Crippen LogP contribution in [-0.2, 0) is 11.2 Å². The van der Waals surface area contributed by atoms with Crippen molar-refractivity contribution < 1.29 is 13.6 Å². The largest absolute Gasteiger partial charge is 0.324 e. The first-order valence-electron chi connectivity index (χ1n) is 11.8. The van der Waals surface area contributed by atoms with Crippen LogP contribution < -0.4 is 5.32 Å². The molecule has 182 valence electrons. The van der Waals surface area contributed by atoms with E-state index in [-0.39, 0.29) is 24.1 Å². The van der Waals surface area contributed by atoms with Crippen LogP contribution in [0.15, 0.2) is 60.9 Å². The summed E-state index contributed by atoms with van der Waals surface area (Å²) in [7, 11) is 0. The maximum atomic E-state index is 14.7. The Bertz CT molecular complexity index is 1210. The van der Waals surface area contributed by atoms with Gasteiger partial charge in [0.05, 0.1) is 18.1 Å². The van der Waals surface area contributed by atoms with Gasteiger partial charge in [-0.05, 0) is 61.1 Å². The van der Waals surface area contributed by atoms with Crippen molar-refractivity contribution in [2.75, 3.05) is 11.9 Å². The van der Waals surface area contributed by atoms with Crippen LogP contribution in [0.2, 0.25) is 5.02 Å². The fourth-order valence-electron chi connectivity index (χ4n) is 4.26. The third-order valence-electron chi connectivity index (χ3n) is 6.39. The molecule has 0 bridgehead atoms. The maximum absolute atomic E-state index is 14.7. The Kier molecular flexibility index (Phi) is 7.37. The zero-order valence-corrected chi connectivity index (χ0v) is 20.7. The number of nitrogens with zero attached hydrogens (tertiary/aromatic N) is 2. The normalized spacial score (nSPS) is 19.9. The molecule has 1 aromatic heterocycles. The highest BCUT2D eigenvalue weighted by molar-refractivity contribution is 7.98. The number of rotatable bonds is 10. The molecule has 1 saturated heterocycles. The molecule has 35 heavy (non-hydrogen) atoms. The van der Waals surface area contributed by atoms with E-state index in [0.717, 1.165) is 23.8 Å². The molecule has 3 atom stereocenters. The molecule has 1 amide bonds. The van der Waals surface area contributed by atoms with Gasteiger partial charge in [0.2, 0.25) is 5.91 Å². The summed E-state index contributed by atoms with van der Waals surface area (Å²) in [5.74, 6) is -1.45. The Morgan fingerprint density at radius 2 is 1.94 bits per heavy atom. The number of hydrogen-bond donors (Lipinski definition) is 1. The smallest absolute Gasteiger partial charge is 0.225 e. The van der Waals surface area contributed by atoms with Gasteiger partial charge in [0, 0.05) is 40.8 Å². The van der Waals surface area contributed by atoms with Crippen molar-refractivity contribution >= 4 is 35.1 Å². The van der Waals surface area contributed by atoms with Crippen molar-refractivity contribution in [2.24, 2.45) is 0 Å². The number of amides is 1. The Morgan fingerprint density at radius 3 is 2.69 bits per heavy atom. The Hall–Kier alpha value is -2.48. The molecule has 1 N–H and O–H groups in total. The second kappa shape index (κ2) is 10.6. The van der Waals surface area contributed by atoms with Crippen molar-refractivity contribution in [1.29, 1.82) is 0 Å². The van der Waals surface area contributed by atoms with E-state index in [1.54, 1.807) is 24.3 Å². The number of aromatic nitrogens is 1. The number of benzene rings is 2. The van der Waals surface area contributed by atoms with Crippen LogP contribution in [0, 0.1) is 11.6 Å². The quantitative estimate of drug-likeness (QED) is 0.245. The third-order valence-corrected chi connectivity index (χ3v) is 8.13. The molecule has 0 radical (unpaired) electrons. The molecule has 1 saturated carbocycles. The minimum Gasteiger partial charge on any atom is -0.324 e. The van der Waals surface area contributed by atoms with Gasteiger partial charge >= 0.3 is 0 Å². The van der Waals surface area contributed by atoms with Gasteiger partial charge in [0.15, 0.2) is 0 Å². The molecule has 3 aromatic rings. The summed E-state index contributed by atoms with van der Waals surface area (Å²) in [6.45, 7) is 1.03. The van der Waals surface area contributed by atoms with Gasteiger partial charge < -0.3 is 5.32 Å². The highest BCUT2D eigenvalue weighted by Gasteiger charge is 2.39. The van der Waals surface area contributed by atoms with E-state index in [2.05, 4.69) is 14.6 Å². The van der Waals surface area contributed by atoms with Crippen LogP contribution in [0.25, 0.3) is 0 Å². The second-order valence-corrected chi connectivity index (χ2v) is 10.9. The number of nitrogens with one attached hydrogen (secondary N) is 1. The highest BCUT2D eigenvalue weighted by atomic mass is 35.5. The van der Waals surface area contributed by atoms with E-state index in [9.17, 15) is 13.6 Å². The van der Waals surface area contributed by atoms with Gasteiger partial charge in [-0.25, -0.2) is 13.1 Å². The number of pyridine rings is 1. The zero-order chi connectivity index (χ0) is 24.4. The van der Waals surface area contributed by atoms with Crippen molar-refractivity contribution in [2.45, 2.75) is 49.3 Å². The van der Waals surface area contributed by atoms with Crippen LogP contribution in [0.4, 0.5) is 14.5 Å². The molecule has 2 aliphatic rings. The Balaban J connectivity index is 1.28. The summed E-state index contributed by atoms with van der Waals surface area (Å²) >= 11 is 7.96. The van der Waals surface area contributed by atoms with E-state index < -0.39 is 5.82 Å². The number of anilines is 1. The average molecular weight is 514 g/mol. The summed E-state index contributed by atoms with van der Waals surface area (Å²) in [5.41, 5.74) is 2.40. The standard InChI is InChI=1S/C27H26ClF2N3OS/c28-19-6-4-17(5-7-19)24(18-2-1-3-20(29)12-18)13-27(34)32-26-15-31-14-25(30)23(26)11-8-21-16-33(21)35-22-9-10-22/h1-7,12,14-15,21-22,24H,8-11,13,16H2,(H,32,34)/t21-,24-,33?/m0/s1. The molecule has 1 aliphatic heterocycles. The van der Waals surface area contributed by atoms with E-state index in [1.807, 2.05) is 24.1 Å². The van der Waals surface area contributed by atoms with Gasteiger partial charge in [-0.15, -0.1) is 0 Å². The van der Waals surface area contributed by atoms with Gasteiger partial charge in [-0.1, -0.05) is 47.8 Å². The molecule has 5 rings (SSSR count). The monoisotopic (exact) mass is 513 g/mol. The van der Waals surface area contributed by atoms with E-state index in [4.69, 9.17) is 11.6 Å². The average Bonchev–Trinajstić information content (AvgIpc) is 3.77. The molecule has 1 unspecified atom stereocenters. The lowest BCUT2D eigenvalue weighted by atomic mass is 9.88. The Morgan fingerprint density at radius 1 is 1.14 bits per heavy atom. The molecule has 0 spiro atoms. The number of carbonyl (C=O) groups is 1. The minimum absolute atomic E-state index is 0.0650. The summed E-state index contributed by atoms with van der Waals surface area (Å²) in [5, 5.41) is 4.21. The van der Waals surface area contributed by atoms with Gasteiger partial charge in [0.1, 0.15) is 11.6 Å². The summed E-state index contributed by atoms with van der Waals surface area (Å²) < 4.78 is 31.0. The lowest BCUT2D eigenvalue weighted by Crippen LogP contribution is -2.18. The SMILES string of the molecule is O=C(C[C@@H](c1ccc(Cl)cc1)c1cccc(F)c1)Nc1cncc(F)c1CC[C@H]1CN1SC1CC1. The number of halogens is 3. The van der Waals surface area contributed by atoms with E-state index in [1.165, 1.54) is 37.4 Å². The predicted molar refractivity (Wildman–Crippen MR) is 137 cm³/mol. The van der Waals surface area contributed by atoms with E-state index >= 15 is 0 Å². The molecule has 8 heteroatoms. The van der Waals surface area contributed by atoms with E-state index in [0.29, 0.717) is 34.3 Å². The molecular formula is C27H26ClF2N3OS. The lowest BCUT2D eigenvalue weighted by Gasteiger charge is -2.19. The molecule has 2 aromatic carbocycles. The number of carbonyl (C=O) groups excluding carboxylic acids is 1. The van der Waals surface area contributed by atoms with Crippen LogP contribution in [-0.4, -0.2) is 33.0 Å². The molecule has 4 nitrogen and oxygen atoms in total. The Labute approximate surface area is 213 Å². The predicted octanol–water partition coefficient (Wildman–Crippen LogP) is 6.60. The fraction of sp³-hybridized carbons (Fsp3) is 0.333. The molecule has 1 aliphatic carbocycles. The minimum atomic E-state index is -0.413. The zero-order valence-electron chi connectivity index (χ0n) is 19.1. The van der Waals surface area contributed by atoms with Crippen LogP contribution in [0.1, 0.15) is 48.3 Å². The topological polar surface area (TPSA) is 45.0 Å². The number of hydrogen-bond acceptors (Lipinski definition) is 4. The van der Waals surface area contributed by atoms with Gasteiger partial charge in [0.25, 0.3) is 0 Å². The highest BCUT2D eigenvalue weighted by Crippen LogP contribution is 2.43. The van der Waals surface area contributed by atoms with Crippen LogP contribution in [0.5, 0.6) is 0 Å². The van der Waals surface area contributed by atoms with Crippen molar-refractivity contribution in [1.82, 2.24) is 9.29 Å². The first-order chi connectivity index (χ1) is 17.0. The maximum Gasteiger partial charge on any atom is 0.225 e. The van der Waals surface area contributed by atoms with Crippen molar-refractivity contribution in [3.05, 3.63) is 94.3 Å². The first-order valence-corrected chi connectivity index (χ1v) is 13.0. The van der Waals surface area contributed by atoms with Crippen molar-refractivity contribution in [3.63, 3.8) is 0 Å². The van der Waals surface area contributed by atoms with Crippen molar-refractivity contribution in [3.8, 4) is 0 Å². The molecule has 2 heterocycles. The van der Waals surface area contributed by atoms with Gasteiger partial charge in [-0.2, -0.15) is 0 Å². The summed E-state index contributed by atoms with van der Waals surface area (Å²) in [6, 6.07) is 13.9. The van der Waals surface area contributed by atoms with Gasteiger partial charge in [-0.3, -0.25) is 9.78 Å². The summed E-state index contributed by atoms with van der Waals surface area (Å²) in [4.78, 5) is 17.1. The second-order valence-electron chi connectivity index (χ2n) is 9.16. The molecular weight excluding hydrogens is 488 g/mol. The lowest BCUT2D eigenvalue weighted by molar-refractivity contribution is -0.116. The van der Waals surface area contributed by atoms with Crippen LogP contribution >= 0.6 is 23.5 Å². The van der Waals surface area contributed by atoms with Crippen LogP contribution in [0.3, 0.4) is 0 Å².